The van der Waals surface area contributed by atoms with Crippen LogP contribution in [0.1, 0.15) is 21.6 Å². The highest BCUT2D eigenvalue weighted by atomic mass is 32.1. The molecule has 6 atom stereocenters. The average Bonchev–Trinajstić information content (AvgIpc) is 3.04. The summed E-state index contributed by atoms with van der Waals surface area (Å²) >= 11 is 0.280. The van der Waals surface area contributed by atoms with Crippen molar-refractivity contribution in [2.45, 2.75) is 24.4 Å². The number of primary amides is 1. The molecule has 1 saturated heterocycles. The van der Waals surface area contributed by atoms with Crippen LogP contribution in [0.25, 0.3) is 0 Å². The highest BCUT2D eigenvalue weighted by molar-refractivity contribution is 7.66. The third kappa shape index (κ3) is 6.66. The molecular formula is C9H14FN2O14P3S. The monoisotopic (exact) mass is 518 g/mol. The van der Waals surface area contributed by atoms with Crippen molar-refractivity contribution in [1.29, 1.82) is 0 Å². The summed E-state index contributed by atoms with van der Waals surface area (Å²) in [7, 11) is -16.8. The molecule has 30 heavy (non-hydrogen) atoms. The Labute approximate surface area is 169 Å². The van der Waals surface area contributed by atoms with Gasteiger partial charge in [0, 0.05) is 0 Å². The number of thiazole rings is 1. The minimum atomic E-state index is -5.74. The van der Waals surface area contributed by atoms with E-state index in [4.69, 9.17) is 25.2 Å². The highest BCUT2D eigenvalue weighted by Crippen LogP contribution is 2.66. The Morgan fingerprint density at radius 3 is 2.23 bits per heavy atom. The Bertz CT molecular complexity index is 951. The second-order valence-corrected chi connectivity index (χ2v) is 10.9. The number of ether oxygens (including phenoxy) is 1. The normalized spacial score (nSPS) is 28.8. The van der Waals surface area contributed by atoms with Gasteiger partial charge in [-0.3, -0.25) is 9.32 Å². The molecule has 1 aromatic heterocycles. The molecule has 8 N–H and O–H groups in total. The zero-order chi connectivity index (χ0) is 23.1. The van der Waals surface area contributed by atoms with Crippen molar-refractivity contribution in [3.63, 3.8) is 0 Å². The summed E-state index contributed by atoms with van der Waals surface area (Å²) in [4.78, 5) is 49.9. The van der Waals surface area contributed by atoms with Crippen molar-refractivity contribution in [3.05, 3.63) is 15.8 Å². The lowest BCUT2D eigenvalue weighted by molar-refractivity contribution is -0.0223. The standard InChI is InChI=1S/C9H14FN2O14P3S/c10-7-3(8(11)15)12-9(30-7)6-5(14)4(13)2(24-6)1-23-28(19,20)26-29(21,22)25-27(16,17)18/h2,4-6,13-14H,1H2,(H2,11,15)(H,19,20)(H,21,22)(H2,16,17,18)/t2-,4-,5-,6-/m1/s1. The summed E-state index contributed by atoms with van der Waals surface area (Å²) in [6, 6.07) is 0. The van der Waals surface area contributed by atoms with Gasteiger partial charge in [0.2, 0.25) is 5.13 Å². The van der Waals surface area contributed by atoms with E-state index < -0.39 is 71.2 Å². The summed E-state index contributed by atoms with van der Waals surface area (Å²) in [5.41, 5.74) is 4.18. The van der Waals surface area contributed by atoms with Gasteiger partial charge in [0.15, 0.2) is 5.69 Å². The molecule has 1 aromatic rings. The van der Waals surface area contributed by atoms with E-state index in [1.165, 1.54) is 0 Å². The van der Waals surface area contributed by atoms with Crippen molar-refractivity contribution in [2.75, 3.05) is 6.61 Å². The molecule has 172 valence electrons. The zero-order valence-electron chi connectivity index (χ0n) is 14.1. The minimum Gasteiger partial charge on any atom is -0.387 e. The maximum absolute atomic E-state index is 13.6. The molecule has 1 aliphatic rings. The van der Waals surface area contributed by atoms with E-state index in [2.05, 4.69) is 18.1 Å². The van der Waals surface area contributed by atoms with Crippen LogP contribution in [0.4, 0.5) is 4.39 Å². The van der Waals surface area contributed by atoms with Gasteiger partial charge in [0.1, 0.15) is 29.4 Å². The molecule has 0 radical (unpaired) electrons. The summed E-state index contributed by atoms with van der Waals surface area (Å²) in [5, 5.41) is 18.6. The van der Waals surface area contributed by atoms with Crippen molar-refractivity contribution < 1.29 is 70.5 Å². The Kier molecular flexibility index (Phi) is 7.72. The van der Waals surface area contributed by atoms with Crippen LogP contribution in [0.5, 0.6) is 0 Å². The number of nitrogens with zero attached hydrogens (tertiary/aromatic N) is 1. The van der Waals surface area contributed by atoms with Crippen LogP contribution >= 0.6 is 34.8 Å². The van der Waals surface area contributed by atoms with E-state index in [0.717, 1.165) is 0 Å². The number of carbonyl (C=O) groups is 1. The number of aliphatic hydroxyl groups excluding tert-OH is 2. The molecule has 16 nitrogen and oxygen atoms in total. The molecule has 0 aliphatic carbocycles. The number of phosphoric acid groups is 3. The van der Waals surface area contributed by atoms with E-state index in [1.54, 1.807) is 0 Å². The van der Waals surface area contributed by atoms with Gasteiger partial charge in [-0.05, 0) is 0 Å². The number of amides is 1. The van der Waals surface area contributed by atoms with Crippen LogP contribution in [0.2, 0.25) is 0 Å². The number of aromatic nitrogens is 1. The van der Waals surface area contributed by atoms with Crippen LogP contribution in [0.15, 0.2) is 0 Å². The van der Waals surface area contributed by atoms with Gasteiger partial charge >= 0.3 is 23.5 Å². The highest BCUT2D eigenvalue weighted by Gasteiger charge is 2.47. The molecule has 1 aliphatic heterocycles. The number of halogens is 1. The lowest BCUT2D eigenvalue weighted by Crippen LogP contribution is -2.33. The maximum atomic E-state index is 13.6. The molecule has 2 unspecified atom stereocenters. The van der Waals surface area contributed by atoms with Gasteiger partial charge in [-0.15, -0.1) is 0 Å². The molecule has 2 rings (SSSR count). The van der Waals surface area contributed by atoms with Gasteiger partial charge in [-0.2, -0.15) is 13.0 Å². The maximum Gasteiger partial charge on any atom is 0.490 e. The summed E-state index contributed by atoms with van der Waals surface area (Å²) in [6.07, 6.45) is -6.64. The lowest BCUT2D eigenvalue weighted by Gasteiger charge is -2.19. The van der Waals surface area contributed by atoms with Gasteiger partial charge < -0.3 is 40.3 Å². The first-order chi connectivity index (χ1) is 13.5. The molecule has 0 aromatic carbocycles. The Morgan fingerprint density at radius 1 is 1.13 bits per heavy atom. The third-order valence-electron chi connectivity index (χ3n) is 3.26. The Hall–Kier alpha value is -0.680. The summed E-state index contributed by atoms with van der Waals surface area (Å²) < 4.78 is 63.6. The molecule has 21 heteroatoms. The average molecular weight is 518 g/mol. The number of aliphatic hydroxyl groups is 2. The van der Waals surface area contributed by atoms with E-state index in [-0.39, 0.29) is 16.3 Å². The van der Waals surface area contributed by atoms with Crippen molar-refractivity contribution in [1.82, 2.24) is 4.98 Å². The summed E-state index contributed by atoms with van der Waals surface area (Å²) in [5.74, 6) is -1.20. The molecule has 0 saturated carbocycles. The van der Waals surface area contributed by atoms with E-state index in [1.807, 2.05) is 0 Å². The second-order valence-electron chi connectivity index (χ2n) is 5.50. The Morgan fingerprint density at radius 2 is 1.73 bits per heavy atom. The van der Waals surface area contributed by atoms with E-state index in [9.17, 15) is 38.0 Å². The second kappa shape index (κ2) is 9.05. The first-order valence-corrected chi connectivity index (χ1v) is 12.6. The van der Waals surface area contributed by atoms with Crippen molar-refractivity contribution in [2.24, 2.45) is 5.73 Å². The predicted octanol–water partition coefficient (Wildman–Crippen LogP) is -1.11. The number of hydrogen-bond donors (Lipinski definition) is 7. The van der Waals surface area contributed by atoms with Gasteiger partial charge in [0.25, 0.3) is 5.91 Å². The van der Waals surface area contributed by atoms with Crippen LogP contribution in [-0.4, -0.2) is 65.6 Å². The molecule has 0 bridgehead atoms. The number of nitrogens with two attached hydrogens (primary N) is 1. The van der Waals surface area contributed by atoms with Gasteiger partial charge in [0.05, 0.1) is 6.61 Å². The smallest absolute Gasteiger partial charge is 0.387 e. The Balaban J connectivity index is 2.05. The quantitative estimate of drug-likeness (QED) is 0.191. The topological polar surface area (TPSA) is 265 Å². The van der Waals surface area contributed by atoms with Crippen LogP contribution < -0.4 is 5.73 Å². The van der Waals surface area contributed by atoms with Crippen molar-refractivity contribution in [3.8, 4) is 0 Å². The SMILES string of the molecule is NC(=O)c1nc([C@@H]2O[C@H](COP(=O)(O)OP(=O)(O)OP(=O)(O)O)[C@@H](O)[C@H]2O)sc1F. The van der Waals surface area contributed by atoms with Gasteiger partial charge in [-0.25, -0.2) is 18.7 Å². The van der Waals surface area contributed by atoms with Crippen LogP contribution in [0, 0.1) is 5.13 Å². The third-order valence-corrected chi connectivity index (χ3v) is 7.97. The van der Waals surface area contributed by atoms with Gasteiger partial charge in [-0.1, -0.05) is 11.3 Å². The predicted molar refractivity (Wildman–Crippen MR) is 90.0 cm³/mol. The lowest BCUT2D eigenvalue weighted by atomic mass is 10.1. The molecule has 0 spiro atoms. The van der Waals surface area contributed by atoms with Crippen LogP contribution in [0.3, 0.4) is 0 Å². The zero-order valence-corrected chi connectivity index (χ0v) is 17.6. The number of carbonyl (C=O) groups excluding carboxylic acids is 1. The van der Waals surface area contributed by atoms with Crippen molar-refractivity contribution >= 4 is 40.7 Å². The molecular weight excluding hydrogens is 504 g/mol. The number of rotatable bonds is 9. The molecule has 1 amide bonds. The first-order valence-electron chi connectivity index (χ1n) is 7.27. The number of phosphoric ester groups is 1. The van der Waals surface area contributed by atoms with E-state index >= 15 is 0 Å². The number of hydrogen-bond acceptors (Lipinski definition) is 12. The molecule has 1 fully saturated rings. The van der Waals surface area contributed by atoms with Crippen LogP contribution in [-0.2, 0) is 31.6 Å². The first kappa shape index (κ1) is 25.6. The minimum absolute atomic E-state index is 0.280. The van der Waals surface area contributed by atoms with E-state index in [0.29, 0.717) is 0 Å². The fourth-order valence-corrected chi connectivity index (χ4v) is 6.06. The fourth-order valence-electron chi connectivity index (χ4n) is 2.15. The molecule has 2 heterocycles. The fraction of sp³-hybridized carbons (Fsp3) is 0.556. The largest absolute Gasteiger partial charge is 0.490 e. The summed E-state index contributed by atoms with van der Waals surface area (Å²) in [6.45, 7) is -1.06.